The summed E-state index contributed by atoms with van der Waals surface area (Å²) in [5.41, 5.74) is 5.03. The first-order chi connectivity index (χ1) is 12.0. The number of carbonyl (C=O) groups is 1. The van der Waals surface area contributed by atoms with Crippen molar-refractivity contribution in [1.82, 2.24) is 10.3 Å². The van der Waals surface area contributed by atoms with Crippen molar-refractivity contribution >= 4 is 26.6 Å². The molecule has 1 aliphatic heterocycles. The van der Waals surface area contributed by atoms with Crippen molar-refractivity contribution in [3.63, 3.8) is 0 Å². The minimum atomic E-state index is -3.10. The third-order valence-electron chi connectivity index (χ3n) is 5.10. The smallest absolute Gasteiger partial charge is 0.220 e. The second-order valence-corrected chi connectivity index (χ2v) is 9.00. The molecule has 1 aromatic carbocycles. The Balaban J connectivity index is 1.41. The van der Waals surface area contributed by atoms with Gasteiger partial charge >= 0.3 is 0 Å². The summed E-state index contributed by atoms with van der Waals surface area (Å²) in [7, 11) is -3.10. The molecular formula is C19H22N2O3S. The standard InChI is InChI=1S/C19H22N2O3S/c22-19(10-14-7-8-25(23,24)12-14)20-11-13-5-6-18-16(9-13)15-3-1-2-4-17(15)21-18/h5-9,14,21H,1-4,10-12H2,(H,20,22)/t14-/m0/s1. The van der Waals surface area contributed by atoms with E-state index in [1.807, 2.05) is 6.07 Å². The summed E-state index contributed by atoms with van der Waals surface area (Å²) in [4.78, 5) is 15.6. The van der Waals surface area contributed by atoms with Gasteiger partial charge in [-0.3, -0.25) is 4.79 Å². The Bertz CT molecular complexity index is 956. The van der Waals surface area contributed by atoms with E-state index < -0.39 is 9.84 Å². The number of hydrogen-bond donors (Lipinski definition) is 2. The van der Waals surface area contributed by atoms with Crippen LogP contribution in [0.4, 0.5) is 0 Å². The van der Waals surface area contributed by atoms with E-state index in [1.165, 1.54) is 40.4 Å². The Kier molecular flexibility index (Phi) is 4.15. The van der Waals surface area contributed by atoms with Crippen LogP contribution in [0.5, 0.6) is 0 Å². The number of nitrogens with one attached hydrogen (secondary N) is 2. The number of allylic oxidation sites excluding steroid dienone is 1. The quantitative estimate of drug-likeness (QED) is 0.882. The first-order valence-corrected chi connectivity index (χ1v) is 10.5. The Morgan fingerprint density at radius 2 is 2.08 bits per heavy atom. The Labute approximate surface area is 147 Å². The molecule has 1 atom stereocenters. The molecule has 1 aromatic heterocycles. The fourth-order valence-corrected chi connectivity index (χ4v) is 5.24. The van der Waals surface area contributed by atoms with Crippen LogP contribution in [0, 0.1) is 5.92 Å². The normalized spacial score (nSPS) is 21.4. The predicted octanol–water partition coefficient (Wildman–Crippen LogP) is 2.61. The predicted molar refractivity (Wildman–Crippen MR) is 97.8 cm³/mol. The molecule has 0 bridgehead atoms. The molecule has 0 spiro atoms. The second-order valence-electron chi connectivity index (χ2n) is 7.07. The molecule has 2 aromatic rings. The maximum atomic E-state index is 12.1. The van der Waals surface area contributed by atoms with E-state index in [2.05, 4.69) is 22.4 Å². The number of hydrogen-bond acceptors (Lipinski definition) is 3. The largest absolute Gasteiger partial charge is 0.358 e. The SMILES string of the molecule is O=C(C[C@@H]1C=CS(=O)(=O)C1)NCc1ccc2[nH]c3c(c2c1)CCCC3. The molecule has 0 fully saturated rings. The van der Waals surface area contributed by atoms with Crippen LogP contribution in [-0.4, -0.2) is 25.1 Å². The zero-order valence-corrected chi connectivity index (χ0v) is 14.9. The van der Waals surface area contributed by atoms with Gasteiger partial charge in [0.05, 0.1) is 5.75 Å². The maximum absolute atomic E-state index is 12.1. The first kappa shape index (κ1) is 16.4. The van der Waals surface area contributed by atoms with Gasteiger partial charge in [-0.25, -0.2) is 8.42 Å². The summed E-state index contributed by atoms with van der Waals surface area (Å²) in [6.45, 7) is 0.470. The summed E-state index contributed by atoms with van der Waals surface area (Å²) in [5, 5.41) is 5.40. The molecule has 6 heteroatoms. The third kappa shape index (κ3) is 3.49. The van der Waals surface area contributed by atoms with Crippen LogP contribution in [0.1, 0.15) is 36.1 Å². The van der Waals surface area contributed by atoms with Gasteiger partial charge in [-0.05, 0) is 48.9 Å². The van der Waals surface area contributed by atoms with E-state index in [4.69, 9.17) is 0 Å². The van der Waals surface area contributed by atoms with Crippen molar-refractivity contribution in [3.8, 4) is 0 Å². The van der Waals surface area contributed by atoms with Crippen LogP contribution in [0.25, 0.3) is 10.9 Å². The van der Waals surface area contributed by atoms with E-state index in [9.17, 15) is 13.2 Å². The number of aryl methyl sites for hydroxylation is 2. The fraction of sp³-hybridized carbons (Fsp3) is 0.421. The zero-order chi connectivity index (χ0) is 17.4. The van der Waals surface area contributed by atoms with Crippen molar-refractivity contribution in [1.29, 1.82) is 0 Å². The van der Waals surface area contributed by atoms with Gasteiger partial charge in [0.2, 0.25) is 5.91 Å². The van der Waals surface area contributed by atoms with Gasteiger partial charge in [-0.2, -0.15) is 0 Å². The molecule has 4 rings (SSSR count). The summed E-state index contributed by atoms with van der Waals surface area (Å²) >= 11 is 0. The van der Waals surface area contributed by atoms with Crippen molar-refractivity contribution in [2.45, 2.75) is 38.6 Å². The number of carbonyl (C=O) groups excluding carboxylic acids is 1. The van der Waals surface area contributed by atoms with E-state index in [-0.39, 0.29) is 24.0 Å². The second kappa shape index (κ2) is 6.33. The minimum absolute atomic E-state index is 0.0435. The van der Waals surface area contributed by atoms with Crippen LogP contribution in [0.2, 0.25) is 0 Å². The van der Waals surface area contributed by atoms with Crippen LogP contribution >= 0.6 is 0 Å². The minimum Gasteiger partial charge on any atom is -0.358 e. The lowest BCUT2D eigenvalue weighted by atomic mass is 9.95. The Morgan fingerprint density at radius 1 is 1.24 bits per heavy atom. The van der Waals surface area contributed by atoms with Gasteiger partial charge in [0.1, 0.15) is 0 Å². The number of sulfone groups is 1. The molecule has 25 heavy (non-hydrogen) atoms. The molecule has 0 radical (unpaired) electrons. The molecule has 1 amide bonds. The van der Waals surface area contributed by atoms with E-state index in [0.717, 1.165) is 18.4 Å². The maximum Gasteiger partial charge on any atom is 0.220 e. The zero-order valence-electron chi connectivity index (χ0n) is 14.0. The van der Waals surface area contributed by atoms with Gasteiger partial charge in [0.15, 0.2) is 9.84 Å². The molecule has 0 unspecified atom stereocenters. The van der Waals surface area contributed by atoms with Crippen LogP contribution in [0.15, 0.2) is 29.7 Å². The number of aromatic nitrogens is 1. The van der Waals surface area contributed by atoms with E-state index in [1.54, 1.807) is 6.08 Å². The molecule has 0 saturated heterocycles. The number of benzene rings is 1. The van der Waals surface area contributed by atoms with Gasteiger partial charge in [-0.1, -0.05) is 12.1 Å². The van der Waals surface area contributed by atoms with E-state index >= 15 is 0 Å². The summed E-state index contributed by atoms with van der Waals surface area (Å²) in [6, 6.07) is 6.28. The monoisotopic (exact) mass is 358 g/mol. The fourth-order valence-electron chi connectivity index (χ4n) is 3.84. The molecular weight excluding hydrogens is 336 g/mol. The molecule has 2 N–H and O–H groups in total. The number of fused-ring (bicyclic) bond motifs is 3. The Morgan fingerprint density at radius 3 is 2.88 bits per heavy atom. The highest BCUT2D eigenvalue weighted by atomic mass is 32.2. The molecule has 1 aliphatic carbocycles. The van der Waals surface area contributed by atoms with Crippen LogP contribution in [0.3, 0.4) is 0 Å². The average Bonchev–Trinajstić information content (AvgIpc) is 3.12. The molecule has 2 aliphatic rings. The van der Waals surface area contributed by atoms with Gasteiger partial charge in [0.25, 0.3) is 0 Å². The third-order valence-corrected chi connectivity index (χ3v) is 6.57. The lowest BCUT2D eigenvalue weighted by Gasteiger charge is -2.11. The average molecular weight is 358 g/mol. The highest BCUT2D eigenvalue weighted by Gasteiger charge is 2.23. The molecule has 132 valence electrons. The lowest BCUT2D eigenvalue weighted by Crippen LogP contribution is -2.25. The number of aromatic amines is 1. The Hall–Kier alpha value is -2.08. The lowest BCUT2D eigenvalue weighted by molar-refractivity contribution is -0.121. The summed E-state index contributed by atoms with van der Waals surface area (Å²) < 4.78 is 22.8. The van der Waals surface area contributed by atoms with Crippen molar-refractivity contribution in [2.24, 2.45) is 5.92 Å². The van der Waals surface area contributed by atoms with E-state index in [0.29, 0.717) is 6.54 Å². The highest BCUT2D eigenvalue weighted by Crippen LogP contribution is 2.29. The molecule has 2 heterocycles. The van der Waals surface area contributed by atoms with Crippen molar-refractivity contribution in [2.75, 3.05) is 5.75 Å². The van der Waals surface area contributed by atoms with Gasteiger partial charge in [-0.15, -0.1) is 0 Å². The van der Waals surface area contributed by atoms with Crippen molar-refractivity contribution in [3.05, 3.63) is 46.5 Å². The first-order valence-electron chi connectivity index (χ1n) is 8.80. The van der Waals surface area contributed by atoms with Crippen LogP contribution in [-0.2, 0) is 34.0 Å². The number of H-pyrrole nitrogens is 1. The van der Waals surface area contributed by atoms with Crippen molar-refractivity contribution < 1.29 is 13.2 Å². The summed E-state index contributed by atoms with van der Waals surface area (Å²) in [6.07, 6.45) is 6.55. The van der Waals surface area contributed by atoms with Gasteiger partial charge in [0, 0.05) is 40.9 Å². The molecule has 0 saturated carbocycles. The summed E-state index contributed by atoms with van der Waals surface area (Å²) in [5.74, 6) is -0.269. The van der Waals surface area contributed by atoms with Gasteiger partial charge < -0.3 is 10.3 Å². The highest BCUT2D eigenvalue weighted by molar-refractivity contribution is 7.94. The van der Waals surface area contributed by atoms with Crippen LogP contribution < -0.4 is 5.32 Å². The topological polar surface area (TPSA) is 79.0 Å². The number of rotatable bonds is 4. The molecule has 5 nitrogen and oxygen atoms in total. The number of amides is 1.